The summed E-state index contributed by atoms with van der Waals surface area (Å²) in [5.74, 6) is 3.52. The molecule has 0 bridgehead atoms. The molecule has 0 saturated heterocycles. The van der Waals surface area contributed by atoms with E-state index in [1.807, 2.05) is 0 Å². The van der Waals surface area contributed by atoms with Crippen molar-refractivity contribution in [3.05, 3.63) is 17.0 Å². The van der Waals surface area contributed by atoms with E-state index in [4.69, 9.17) is 4.52 Å². The van der Waals surface area contributed by atoms with Crippen LogP contribution >= 0.6 is 0 Å². The zero-order chi connectivity index (χ0) is 15.4. The van der Waals surface area contributed by atoms with Gasteiger partial charge in [-0.2, -0.15) is 0 Å². The Bertz CT molecular complexity index is 458. The van der Waals surface area contributed by atoms with Crippen LogP contribution in [0, 0.1) is 11.8 Å². The Balaban J connectivity index is 2.08. The molecule has 1 unspecified atom stereocenters. The van der Waals surface area contributed by atoms with E-state index >= 15 is 0 Å². The second-order valence-corrected chi connectivity index (χ2v) is 6.94. The van der Waals surface area contributed by atoms with Crippen molar-refractivity contribution in [2.75, 3.05) is 0 Å². The first kappa shape index (κ1) is 16.3. The lowest BCUT2D eigenvalue weighted by Gasteiger charge is -2.35. The standard InChI is InChI=1S/C18H29NO2/c1-5-14(7-8-20)17-16(6-2)18(21-19-17)15-10-13(11-15)9-12(3)4/h8,12-15H,5-7,9-11H2,1-4H3. The molecule has 1 saturated carbocycles. The number of hydrogen-bond donors (Lipinski definition) is 0. The van der Waals surface area contributed by atoms with Gasteiger partial charge in [-0.05, 0) is 43.9 Å². The van der Waals surface area contributed by atoms with E-state index in [2.05, 4.69) is 32.9 Å². The van der Waals surface area contributed by atoms with Crippen molar-refractivity contribution in [3.63, 3.8) is 0 Å². The molecule has 1 aromatic heterocycles. The fourth-order valence-electron chi connectivity index (χ4n) is 3.73. The Hall–Kier alpha value is -1.12. The van der Waals surface area contributed by atoms with Gasteiger partial charge in [0.05, 0.1) is 5.69 Å². The maximum absolute atomic E-state index is 10.8. The zero-order valence-electron chi connectivity index (χ0n) is 13.9. The Kier molecular flexibility index (Phi) is 5.60. The van der Waals surface area contributed by atoms with Gasteiger partial charge in [-0.15, -0.1) is 0 Å². The molecule has 2 rings (SSSR count). The summed E-state index contributed by atoms with van der Waals surface area (Å²) in [4.78, 5) is 10.8. The van der Waals surface area contributed by atoms with Crippen LogP contribution in [0.2, 0.25) is 0 Å². The summed E-state index contributed by atoms with van der Waals surface area (Å²) in [6, 6.07) is 0. The van der Waals surface area contributed by atoms with Gasteiger partial charge in [-0.1, -0.05) is 32.9 Å². The Labute approximate surface area is 128 Å². The Morgan fingerprint density at radius 3 is 2.57 bits per heavy atom. The highest BCUT2D eigenvalue weighted by Gasteiger charge is 2.36. The predicted molar refractivity (Wildman–Crippen MR) is 84.5 cm³/mol. The monoisotopic (exact) mass is 291 g/mol. The second-order valence-electron chi connectivity index (χ2n) is 6.94. The van der Waals surface area contributed by atoms with Crippen molar-refractivity contribution in [2.24, 2.45) is 11.8 Å². The highest BCUT2D eigenvalue weighted by Crippen LogP contribution is 2.46. The van der Waals surface area contributed by atoms with Crippen LogP contribution in [-0.2, 0) is 11.2 Å². The maximum Gasteiger partial charge on any atom is 0.143 e. The summed E-state index contributed by atoms with van der Waals surface area (Å²) in [5.41, 5.74) is 2.31. The van der Waals surface area contributed by atoms with Crippen LogP contribution in [0.3, 0.4) is 0 Å². The topological polar surface area (TPSA) is 43.1 Å². The summed E-state index contributed by atoms with van der Waals surface area (Å²) < 4.78 is 5.71. The number of nitrogens with zero attached hydrogens (tertiary/aromatic N) is 1. The van der Waals surface area contributed by atoms with Gasteiger partial charge in [0, 0.05) is 23.8 Å². The first-order valence-electron chi connectivity index (χ1n) is 8.52. The minimum atomic E-state index is 0.224. The summed E-state index contributed by atoms with van der Waals surface area (Å²) in [6.07, 6.45) is 7.25. The summed E-state index contributed by atoms with van der Waals surface area (Å²) in [7, 11) is 0. The van der Waals surface area contributed by atoms with Gasteiger partial charge in [-0.25, -0.2) is 0 Å². The number of aldehydes is 1. The number of carbonyl (C=O) groups excluding carboxylic acids is 1. The van der Waals surface area contributed by atoms with Crippen LogP contribution in [0.4, 0.5) is 0 Å². The van der Waals surface area contributed by atoms with Gasteiger partial charge in [-0.3, -0.25) is 0 Å². The van der Waals surface area contributed by atoms with E-state index in [0.29, 0.717) is 12.3 Å². The van der Waals surface area contributed by atoms with Crippen molar-refractivity contribution < 1.29 is 9.32 Å². The molecule has 0 radical (unpaired) electrons. The SMILES string of the molecule is CCc1c(C(CC)CC=O)noc1C1CC(CC(C)C)C1. The molecule has 1 aliphatic carbocycles. The molecule has 1 heterocycles. The van der Waals surface area contributed by atoms with Crippen LogP contribution in [0.25, 0.3) is 0 Å². The minimum absolute atomic E-state index is 0.224. The van der Waals surface area contributed by atoms with Gasteiger partial charge >= 0.3 is 0 Å². The van der Waals surface area contributed by atoms with E-state index in [1.54, 1.807) is 0 Å². The lowest BCUT2D eigenvalue weighted by molar-refractivity contribution is -0.108. The normalized spacial score (nSPS) is 23.1. The third kappa shape index (κ3) is 3.56. The summed E-state index contributed by atoms with van der Waals surface area (Å²) in [5, 5.41) is 4.33. The molecule has 1 aromatic rings. The molecule has 1 fully saturated rings. The van der Waals surface area contributed by atoms with Crippen molar-refractivity contribution in [1.29, 1.82) is 0 Å². The molecule has 0 aliphatic heterocycles. The van der Waals surface area contributed by atoms with Crippen LogP contribution in [0.5, 0.6) is 0 Å². The van der Waals surface area contributed by atoms with Crippen molar-refractivity contribution in [2.45, 2.75) is 78.1 Å². The van der Waals surface area contributed by atoms with Crippen LogP contribution in [0.15, 0.2) is 4.52 Å². The number of hydrogen-bond acceptors (Lipinski definition) is 3. The smallest absolute Gasteiger partial charge is 0.143 e. The van der Waals surface area contributed by atoms with Crippen molar-refractivity contribution >= 4 is 6.29 Å². The number of rotatable bonds is 8. The lowest BCUT2D eigenvalue weighted by atomic mass is 9.69. The molecule has 1 aliphatic rings. The molecule has 0 amide bonds. The van der Waals surface area contributed by atoms with E-state index in [1.165, 1.54) is 24.8 Å². The van der Waals surface area contributed by atoms with Crippen molar-refractivity contribution in [3.8, 4) is 0 Å². The summed E-state index contributed by atoms with van der Waals surface area (Å²) in [6.45, 7) is 8.87. The van der Waals surface area contributed by atoms with Gasteiger partial charge in [0.2, 0.25) is 0 Å². The lowest BCUT2D eigenvalue weighted by Crippen LogP contribution is -2.23. The fourth-order valence-corrected chi connectivity index (χ4v) is 3.73. The first-order valence-corrected chi connectivity index (χ1v) is 8.52. The molecule has 0 aromatic carbocycles. The van der Waals surface area contributed by atoms with Gasteiger partial charge < -0.3 is 9.32 Å². The van der Waals surface area contributed by atoms with Crippen LogP contribution < -0.4 is 0 Å². The fraction of sp³-hybridized carbons (Fsp3) is 0.778. The second kappa shape index (κ2) is 7.24. The molecule has 0 N–H and O–H groups in total. The quantitative estimate of drug-likeness (QED) is 0.642. The number of carbonyl (C=O) groups is 1. The molecule has 3 heteroatoms. The maximum atomic E-state index is 10.8. The summed E-state index contributed by atoms with van der Waals surface area (Å²) >= 11 is 0. The zero-order valence-corrected chi connectivity index (χ0v) is 13.9. The molecule has 118 valence electrons. The highest BCUT2D eigenvalue weighted by molar-refractivity contribution is 5.51. The molecule has 1 atom stereocenters. The van der Waals surface area contributed by atoms with Gasteiger partial charge in [0.1, 0.15) is 12.0 Å². The largest absolute Gasteiger partial charge is 0.361 e. The highest BCUT2D eigenvalue weighted by atomic mass is 16.5. The Morgan fingerprint density at radius 2 is 2.05 bits per heavy atom. The van der Waals surface area contributed by atoms with Crippen molar-refractivity contribution in [1.82, 2.24) is 5.16 Å². The van der Waals surface area contributed by atoms with E-state index in [9.17, 15) is 4.79 Å². The van der Waals surface area contributed by atoms with Gasteiger partial charge in [0.25, 0.3) is 0 Å². The van der Waals surface area contributed by atoms with E-state index in [0.717, 1.165) is 42.4 Å². The minimum Gasteiger partial charge on any atom is -0.361 e. The predicted octanol–water partition coefficient (Wildman–Crippen LogP) is 4.86. The molecule has 3 nitrogen and oxygen atoms in total. The third-order valence-corrected chi connectivity index (χ3v) is 4.87. The number of aromatic nitrogens is 1. The van der Waals surface area contributed by atoms with Crippen LogP contribution in [-0.4, -0.2) is 11.4 Å². The van der Waals surface area contributed by atoms with E-state index in [-0.39, 0.29) is 5.92 Å². The average Bonchev–Trinajstić information content (AvgIpc) is 2.82. The average molecular weight is 291 g/mol. The third-order valence-electron chi connectivity index (χ3n) is 4.87. The molecular formula is C18H29NO2. The molecule has 0 spiro atoms. The van der Waals surface area contributed by atoms with Crippen LogP contribution in [0.1, 0.15) is 88.7 Å². The first-order chi connectivity index (χ1) is 10.1. The van der Waals surface area contributed by atoms with Gasteiger partial charge in [0.15, 0.2) is 0 Å². The van der Waals surface area contributed by atoms with E-state index < -0.39 is 0 Å². The molecular weight excluding hydrogens is 262 g/mol. The Morgan fingerprint density at radius 1 is 1.33 bits per heavy atom. The molecule has 21 heavy (non-hydrogen) atoms.